The van der Waals surface area contributed by atoms with Crippen LogP contribution in [0.4, 0.5) is 0 Å². The molecule has 2 heteroatoms. The Morgan fingerprint density at radius 3 is 1.80 bits per heavy atom. The van der Waals surface area contributed by atoms with Crippen molar-refractivity contribution in [3.63, 3.8) is 0 Å². The second-order valence-corrected chi connectivity index (χ2v) is 8.60. The van der Waals surface area contributed by atoms with Crippen LogP contribution < -0.4 is 4.74 Å². The van der Waals surface area contributed by atoms with Gasteiger partial charge in [-0.25, -0.2) is 0 Å². The van der Waals surface area contributed by atoms with Gasteiger partial charge in [0.15, 0.2) is 0 Å². The minimum Gasteiger partial charge on any atom is -0.497 e. The fraction of sp³-hybridized carbons (Fsp3) is 0.357. The fourth-order valence-corrected chi connectivity index (χ4v) is 5.05. The summed E-state index contributed by atoms with van der Waals surface area (Å²) >= 11 is 0. The molecule has 1 fully saturated rings. The van der Waals surface area contributed by atoms with E-state index in [-0.39, 0.29) is 5.92 Å². The summed E-state index contributed by atoms with van der Waals surface area (Å²) in [5, 5.41) is 12.0. The summed E-state index contributed by atoms with van der Waals surface area (Å²) in [6.07, 6.45) is 6.82. The lowest BCUT2D eigenvalue weighted by molar-refractivity contribution is -0.00795. The molecule has 0 unspecified atom stereocenters. The zero-order valence-electron chi connectivity index (χ0n) is 17.8. The van der Waals surface area contributed by atoms with Crippen molar-refractivity contribution in [3.05, 3.63) is 102 Å². The highest BCUT2D eigenvalue weighted by atomic mass is 16.5. The maximum atomic E-state index is 12.0. The molecule has 0 spiro atoms. The number of hydrogen-bond acceptors (Lipinski definition) is 2. The number of aliphatic hydroxyl groups is 1. The first-order chi connectivity index (χ1) is 14.7. The molecule has 1 saturated carbocycles. The number of hydrogen-bond donors (Lipinski definition) is 1. The molecule has 0 atom stereocenters. The minimum absolute atomic E-state index is 0.250. The number of benzene rings is 3. The van der Waals surface area contributed by atoms with E-state index < -0.39 is 5.60 Å². The molecule has 3 aromatic rings. The molecule has 0 saturated heterocycles. The third kappa shape index (κ3) is 4.44. The Balaban J connectivity index is 1.43. The van der Waals surface area contributed by atoms with Crippen molar-refractivity contribution in [2.75, 3.05) is 7.11 Å². The normalized spacial score (nSPS) is 19.4. The average Bonchev–Trinajstić information content (AvgIpc) is 2.84. The van der Waals surface area contributed by atoms with Crippen molar-refractivity contribution in [1.82, 2.24) is 0 Å². The second kappa shape index (κ2) is 9.49. The Labute approximate surface area is 180 Å². The number of rotatable bonds is 7. The van der Waals surface area contributed by atoms with Crippen LogP contribution in [0.3, 0.4) is 0 Å². The zero-order valence-corrected chi connectivity index (χ0v) is 17.8. The summed E-state index contributed by atoms with van der Waals surface area (Å²) in [4.78, 5) is 0. The molecule has 1 aliphatic carbocycles. The van der Waals surface area contributed by atoms with Crippen LogP contribution in [0.5, 0.6) is 5.75 Å². The van der Waals surface area contributed by atoms with Gasteiger partial charge in [-0.2, -0.15) is 0 Å². The predicted molar refractivity (Wildman–Crippen MR) is 123 cm³/mol. The van der Waals surface area contributed by atoms with E-state index >= 15 is 0 Å². The first kappa shape index (κ1) is 20.7. The summed E-state index contributed by atoms with van der Waals surface area (Å²) < 4.78 is 5.26. The summed E-state index contributed by atoms with van der Waals surface area (Å²) in [5.41, 5.74) is 2.49. The molecule has 1 aliphatic rings. The molecule has 0 aliphatic heterocycles. The Morgan fingerprint density at radius 1 is 0.767 bits per heavy atom. The Bertz CT molecular complexity index is 855. The van der Waals surface area contributed by atoms with Crippen LogP contribution in [-0.4, -0.2) is 12.2 Å². The highest BCUT2D eigenvalue weighted by molar-refractivity contribution is 5.37. The van der Waals surface area contributed by atoms with Gasteiger partial charge in [-0.3, -0.25) is 0 Å². The lowest BCUT2D eigenvalue weighted by Crippen LogP contribution is -2.38. The molecular formula is C28H32O2. The minimum atomic E-state index is -0.913. The van der Waals surface area contributed by atoms with Crippen molar-refractivity contribution in [1.29, 1.82) is 0 Å². The predicted octanol–water partition coefficient (Wildman–Crippen LogP) is 6.37. The Hall–Kier alpha value is -2.58. The molecule has 1 N–H and O–H groups in total. The van der Waals surface area contributed by atoms with E-state index in [1.165, 1.54) is 24.8 Å². The largest absolute Gasteiger partial charge is 0.497 e. The molecule has 2 nitrogen and oxygen atoms in total. The van der Waals surface area contributed by atoms with Crippen LogP contribution in [0.25, 0.3) is 0 Å². The zero-order chi connectivity index (χ0) is 20.8. The topological polar surface area (TPSA) is 29.5 Å². The number of ether oxygens (including phenoxy) is 1. The first-order valence-electron chi connectivity index (χ1n) is 11.2. The number of methoxy groups -OCH3 is 1. The first-order valence-corrected chi connectivity index (χ1v) is 11.2. The average molecular weight is 401 g/mol. The lowest BCUT2D eigenvalue weighted by atomic mass is 9.67. The van der Waals surface area contributed by atoms with Gasteiger partial charge in [0, 0.05) is 0 Å². The van der Waals surface area contributed by atoms with E-state index in [9.17, 15) is 5.11 Å². The third-order valence-corrected chi connectivity index (χ3v) is 6.87. The van der Waals surface area contributed by atoms with Gasteiger partial charge in [0.25, 0.3) is 0 Å². The van der Waals surface area contributed by atoms with Gasteiger partial charge < -0.3 is 9.84 Å². The SMILES string of the molecule is COc1ccc(CCC2CCC(C(O)(c3ccccc3)c3ccccc3)CC2)cc1. The van der Waals surface area contributed by atoms with E-state index in [1.54, 1.807) is 7.11 Å². The van der Waals surface area contributed by atoms with Gasteiger partial charge >= 0.3 is 0 Å². The molecule has 30 heavy (non-hydrogen) atoms. The molecule has 0 bridgehead atoms. The maximum absolute atomic E-state index is 12.0. The van der Waals surface area contributed by atoms with E-state index in [1.807, 2.05) is 48.5 Å². The third-order valence-electron chi connectivity index (χ3n) is 6.87. The smallest absolute Gasteiger partial charge is 0.118 e. The molecule has 3 aromatic carbocycles. The Kier molecular flexibility index (Phi) is 6.54. The van der Waals surface area contributed by atoms with Gasteiger partial charge in [-0.15, -0.1) is 0 Å². The van der Waals surface area contributed by atoms with Gasteiger partial charge in [0.05, 0.1) is 7.11 Å². The van der Waals surface area contributed by atoms with E-state index in [0.717, 1.165) is 42.1 Å². The van der Waals surface area contributed by atoms with Crippen molar-refractivity contribution in [2.45, 2.75) is 44.1 Å². The van der Waals surface area contributed by atoms with Crippen molar-refractivity contribution in [3.8, 4) is 5.75 Å². The monoisotopic (exact) mass is 400 g/mol. The molecule has 0 amide bonds. The summed E-state index contributed by atoms with van der Waals surface area (Å²) in [6, 6.07) is 28.9. The van der Waals surface area contributed by atoms with Crippen LogP contribution in [0.2, 0.25) is 0 Å². The second-order valence-electron chi connectivity index (χ2n) is 8.60. The highest BCUT2D eigenvalue weighted by Gasteiger charge is 2.41. The quantitative estimate of drug-likeness (QED) is 0.499. The molecule has 4 rings (SSSR count). The van der Waals surface area contributed by atoms with E-state index in [0.29, 0.717) is 0 Å². The molecule has 156 valence electrons. The van der Waals surface area contributed by atoms with Crippen LogP contribution in [0.1, 0.15) is 48.8 Å². The van der Waals surface area contributed by atoms with Gasteiger partial charge in [-0.05, 0) is 66.3 Å². The molecule has 0 aromatic heterocycles. The van der Waals surface area contributed by atoms with Crippen LogP contribution in [0, 0.1) is 11.8 Å². The highest BCUT2D eigenvalue weighted by Crippen LogP contribution is 2.45. The van der Waals surface area contributed by atoms with E-state index in [4.69, 9.17) is 4.74 Å². The van der Waals surface area contributed by atoms with Crippen molar-refractivity contribution < 1.29 is 9.84 Å². The molecular weight excluding hydrogens is 368 g/mol. The van der Waals surface area contributed by atoms with Crippen molar-refractivity contribution >= 4 is 0 Å². The van der Waals surface area contributed by atoms with Crippen LogP contribution >= 0.6 is 0 Å². The summed E-state index contributed by atoms with van der Waals surface area (Å²) in [5.74, 6) is 1.90. The summed E-state index contributed by atoms with van der Waals surface area (Å²) in [6.45, 7) is 0. The summed E-state index contributed by atoms with van der Waals surface area (Å²) in [7, 11) is 1.71. The fourth-order valence-electron chi connectivity index (χ4n) is 5.05. The van der Waals surface area contributed by atoms with Crippen LogP contribution in [-0.2, 0) is 12.0 Å². The van der Waals surface area contributed by atoms with Gasteiger partial charge in [-0.1, -0.05) is 85.6 Å². The number of aryl methyl sites for hydroxylation is 1. The van der Waals surface area contributed by atoms with Crippen LogP contribution in [0.15, 0.2) is 84.9 Å². The Morgan fingerprint density at radius 2 is 1.30 bits per heavy atom. The van der Waals surface area contributed by atoms with Gasteiger partial charge in [0.2, 0.25) is 0 Å². The maximum Gasteiger partial charge on any atom is 0.118 e. The molecule has 0 heterocycles. The van der Waals surface area contributed by atoms with Crippen molar-refractivity contribution in [2.24, 2.45) is 11.8 Å². The van der Waals surface area contributed by atoms with Gasteiger partial charge in [0.1, 0.15) is 11.4 Å². The standard InChI is InChI=1S/C28H32O2/c1-30-27-20-16-23(17-21-27)13-12-22-14-18-26(19-15-22)28(29,24-8-4-2-5-9-24)25-10-6-3-7-11-25/h2-11,16-17,20-22,26,29H,12-15,18-19H2,1H3. The lowest BCUT2D eigenvalue weighted by Gasteiger charge is -2.41. The molecule has 0 radical (unpaired) electrons. The van der Waals surface area contributed by atoms with E-state index in [2.05, 4.69) is 36.4 Å².